The van der Waals surface area contributed by atoms with Crippen molar-refractivity contribution in [1.29, 1.82) is 0 Å². The van der Waals surface area contributed by atoms with Crippen molar-refractivity contribution >= 4 is 22.9 Å². The lowest BCUT2D eigenvalue weighted by Gasteiger charge is -2.28. The Labute approximate surface area is 131 Å². The Morgan fingerprint density at radius 2 is 2.10 bits per heavy atom. The van der Waals surface area contributed by atoms with Crippen LogP contribution in [0.5, 0.6) is 0 Å². The standard InChI is InChI=1S/C14H25ClN2O2S/c1-12(11-19-3)17(8-9-18-2)7-6-16-10-13-4-5-14(15)20-13/h4-5,12,16H,6-11H2,1-3H3. The van der Waals surface area contributed by atoms with Crippen molar-refractivity contribution in [3.05, 3.63) is 21.3 Å². The Hall–Kier alpha value is -0.170. The summed E-state index contributed by atoms with van der Waals surface area (Å²) in [5.41, 5.74) is 0. The fourth-order valence-corrected chi connectivity index (χ4v) is 3.05. The molecule has 0 aliphatic carbocycles. The first-order chi connectivity index (χ1) is 9.67. The van der Waals surface area contributed by atoms with Crippen molar-refractivity contribution in [1.82, 2.24) is 10.2 Å². The summed E-state index contributed by atoms with van der Waals surface area (Å²) >= 11 is 7.54. The van der Waals surface area contributed by atoms with Gasteiger partial charge in [-0.05, 0) is 19.1 Å². The first-order valence-electron chi connectivity index (χ1n) is 6.84. The van der Waals surface area contributed by atoms with E-state index >= 15 is 0 Å². The van der Waals surface area contributed by atoms with E-state index in [1.807, 2.05) is 6.07 Å². The van der Waals surface area contributed by atoms with E-state index < -0.39 is 0 Å². The number of ether oxygens (including phenoxy) is 2. The lowest BCUT2D eigenvalue weighted by Crippen LogP contribution is -2.42. The van der Waals surface area contributed by atoms with Crippen molar-refractivity contribution < 1.29 is 9.47 Å². The molecule has 1 unspecified atom stereocenters. The number of methoxy groups -OCH3 is 2. The van der Waals surface area contributed by atoms with Gasteiger partial charge in [0.05, 0.1) is 17.6 Å². The maximum Gasteiger partial charge on any atom is 0.0931 e. The van der Waals surface area contributed by atoms with E-state index in [1.165, 1.54) is 4.88 Å². The molecule has 1 aromatic rings. The van der Waals surface area contributed by atoms with Gasteiger partial charge in [0, 0.05) is 51.3 Å². The Kier molecular flexibility index (Phi) is 9.42. The molecule has 0 spiro atoms. The fourth-order valence-electron chi connectivity index (χ4n) is 1.99. The highest BCUT2D eigenvalue weighted by molar-refractivity contribution is 7.16. The molecule has 1 rings (SSSR count). The fraction of sp³-hybridized carbons (Fsp3) is 0.714. The van der Waals surface area contributed by atoms with E-state index in [2.05, 4.69) is 23.2 Å². The molecule has 116 valence electrons. The predicted octanol–water partition coefficient (Wildman–Crippen LogP) is 2.47. The Morgan fingerprint density at radius 1 is 1.30 bits per heavy atom. The molecule has 0 bridgehead atoms. The van der Waals surface area contributed by atoms with Gasteiger partial charge in [0.15, 0.2) is 0 Å². The summed E-state index contributed by atoms with van der Waals surface area (Å²) in [4.78, 5) is 3.64. The summed E-state index contributed by atoms with van der Waals surface area (Å²) in [5.74, 6) is 0. The minimum Gasteiger partial charge on any atom is -0.383 e. The third-order valence-electron chi connectivity index (χ3n) is 3.12. The van der Waals surface area contributed by atoms with Gasteiger partial charge >= 0.3 is 0 Å². The molecule has 0 aromatic carbocycles. The number of rotatable bonds is 11. The summed E-state index contributed by atoms with van der Waals surface area (Å²) in [6, 6.07) is 4.40. The molecule has 0 fully saturated rings. The van der Waals surface area contributed by atoms with Crippen molar-refractivity contribution in [2.24, 2.45) is 0 Å². The van der Waals surface area contributed by atoms with Crippen molar-refractivity contribution in [3.63, 3.8) is 0 Å². The zero-order chi connectivity index (χ0) is 14.8. The van der Waals surface area contributed by atoms with E-state index in [0.29, 0.717) is 6.04 Å². The van der Waals surface area contributed by atoms with Crippen LogP contribution in [0.2, 0.25) is 4.34 Å². The van der Waals surface area contributed by atoms with Crippen LogP contribution in [-0.4, -0.2) is 58.0 Å². The molecule has 1 N–H and O–H groups in total. The molecule has 4 nitrogen and oxygen atoms in total. The summed E-state index contributed by atoms with van der Waals surface area (Å²) < 4.78 is 11.2. The maximum absolute atomic E-state index is 5.91. The van der Waals surface area contributed by atoms with Crippen molar-refractivity contribution in [2.45, 2.75) is 19.5 Å². The Morgan fingerprint density at radius 3 is 2.70 bits per heavy atom. The molecular weight excluding hydrogens is 296 g/mol. The molecule has 6 heteroatoms. The third kappa shape index (κ3) is 7.02. The molecule has 1 atom stereocenters. The Bertz CT molecular complexity index is 363. The zero-order valence-electron chi connectivity index (χ0n) is 12.5. The summed E-state index contributed by atoms with van der Waals surface area (Å²) in [5, 5.41) is 3.45. The van der Waals surface area contributed by atoms with Crippen LogP contribution in [0, 0.1) is 0 Å². The van der Waals surface area contributed by atoms with E-state index in [0.717, 1.165) is 43.7 Å². The highest BCUT2D eigenvalue weighted by Crippen LogP contribution is 2.20. The van der Waals surface area contributed by atoms with Crippen molar-refractivity contribution in [2.75, 3.05) is 47.1 Å². The van der Waals surface area contributed by atoms with Gasteiger partial charge in [0.25, 0.3) is 0 Å². The van der Waals surface area contributed by atoms with Gasteiger partial charge in [-0.1, -0.05) is 11.6 Å². The quantitative estimate of drug-likeness (QED) is 0.635. The van der Waals surface area contributed by atoms with E-state index in [1.54, 1.807) is 25.6 Å². The first kappa shape index (κ1) is 17.9. The van der Waals surface area contributed by atoms with Gasteiger partial charge < -0.3 is 14.8 Å². The van der Waals surface area contributed by atoms with Crippen molar-refractivity contribution in [3.8, 4) is 0 Å². The van der Waals surface area contributed by atoms with Crippen LogP contribution >= 0.6 is 22.9 Å². The van der Waals surface area contributed by atoms with Gasteiger partial charge in [-0.25, -0.2) is 0 Å². The predicted molar refractivity (Wildman–Crippen MR) is 85.8 cm³/mol. The lowest BCUT2D eigenvalue weighted by molar-refractivity contribution is 0.0757. The van der Waals surface area contributed by atoms with Gasteiger partial charge in [-0.15, -0.1) is 11.3 Å². The maximum atomic E-state index is 5.91. The topological polar surface area (TPSA) is 33.7 Å². The average molecular weight is 321 g/mol. The van der Waals surface area contributed by atoms with Gasteiger partial charge in [-0.2, -0.15) is 0 Å². The summed E-state index contributed by atoms with van der Waals surface area (Å²) in [6.07, 6.45) is 0. The molecule has 0 amide bonds. The zero-order valence-corrected chi connectivity index (χ0v) is 14.1. The highest BCUT2D eigenvalue weighted by Gasteiger charge is 2.12. The van der Waals surface area contributed by atoms with Crippen LogP contribution in [0.25, 0.3) is 0 Å². The molecule has 0 saturated carbocycles. The second kappa shape index (κ2) is 10.5. The number of nitrogens with zero attached hydrogens (tertiary/aromatic N) is 1. The van der Waals surface area contributed by atoms with E-state index in [-0.39, 0.29) is 0 Å². The molecular formula is C14H25ClN2O2S. The van der Waals surface area contributed by atoms with Crippen LogP contribution in [0.4, 0.5) is 0 Å². The monoisotopic (exact) mass is 320 g/mol. The number of halogens is 1. The van der Waals surface area contributed by atoms with Crippen LogP contribution < -0.4 is 5.32 Å². The van der Waals surface area contributed by atoms with Crippen LogP contribution in [0.1, 0.15) is 11.8 Å². The van der Waals surface area contributed by atoms with Gasteiger partial charge in [-0.3, -0.25) is 4.90 Å². The number of hydrogen-bond donors (Lipinski definition) is 1. The second-order valence-corrected chi connectivity index (χ2v) is 6.52. The summed E-state index contributed by atoms with van der Waals surface area (Å²) in [7, 11) is 3.47. The van der Waals surface area contributed by atoms with E-state index in [4.69, 9.17) is 21.1 Å². The minimum atomic E-state index is 0.396. The molecule has 1 aromatic heterocycles. The number of hydrogen-bond acceptors (Lipinski definition) is 5. The normalized spacial score (nSPS) is 13.1. The van der Waals surface area contributed by atoms with Crippen LogP contribution in [-0.2, 0) is 16.0 Å². The lowest BCUT2D eigenvalue weighted by atomic mass is 10.3. The van der Waals surface area contributed by atoms with Gasteiger partial charge in [0.2, 0.25) is 0 Å². The Balaban J connectivity index is 2.26. The molecule has 0 aliphatic rings. The highest BCUT2D eigenvalue weighted by atomic mass is 35.5. The molecule has 1 heterocycles. The first-order valence-corrected chi connectivity index (χ1v) is 8.03. The SMILES string of the molecule is COCCN(CCNCc1ccc(Cl)s1)C(C)COC. The molecule has 0 aliphatic heterocycles. The largest absolute Gasteiger partial charge is 0.383 e. The molecule has 20 heavy (non-hydrogen) atoms. The van der Waals surface area contributed by atoms with Crippen LogP contribution in [0.3, 0.4) is 0 Å². The minimum absolute atomic E-state index is 0.396. The smallest absolute Gasteiger partial charge is 0.0931 e. The third-order valence-corrected chi connectivity index (χ3v) is 4.35. The molecule has 0 radical (unpaired) electrons. The van der Waals surface area contributed by atoms with Crippen LogP contribution in [0.15, 0.2) is 12.1 Å². The molecule has 0 saturated heterocycles. The van der Waals surface area contributed by atoms with Gasteiger partial charge in [0.1, 0.15) is 0 Å². The number of nitrogens with one attached hydrogen (secondary N) is 1. The second-order valence-electron chi connectivity index (χ2n) is 4.72. The number of thiophene rings is 1. The summed E-state index contributed by atoms with van der Waals surface area (Å²) in [6.45, 7) is 7.37. The van der Waals surface area contributed by atoms with E-state index in [9.17, 15) is 0 Å². The average Bonchev–Trinajstić information content (AvgIpc) is 2.84.